The topological polar surface area (TPSA) is 47.4 Å². The van der Waals surface area contributed by atoms with Crippen molar-refractivity contribution in [2.45, 2.75) is 19.4 Å². The van der Waals surface area contributed by atoms with E-state index in [4.69, 9.17) is 4.74 Å². The molecule has 114 valence electrons. The number of methoxy groups -OCH3 is 1. The molecule has 0 unspecified atom stereocenters. The van der Waals surface area contributed by atoms with Crippen LogP contribution in [0.1, 0.15) is 12.8 Å². The molecule has 6 heteroatoms. The van der Waals surface area contributed by atoms with Gasteiger partial charge < -0.3 is 9.64 Å². The van der Waals surface area contributed by atoms with Crippen LogP contribution < -0.4 is 5.56 Å². The fraction of sp³-hybridized carbons (Fsp3) is 0.600. The zero-order chi connectivity index (χ0) is 14.7. The van der Waals surface area contributed by atoms with E-state index in [1.54, 1.807) is 18.0 Å². The zero-order valence-corrected chi connectivity index (χ0v) is 13.1. The third kappa shape index (κ3) is 3.33. The minimum atomic E-state index is 0.100. The van der Waals surface area contributed by atoms with Gasteiger partial charge in [-0.2, -0.15) is 0 Å². The Morgan fingerprint density at radius 2 is 2.24 bits per heavy atom. The van der Waals surface area contributed by atoms with E-state index in [9.17, 15) is 4.79 Å². The average molecular weight is 307 g/mol. The van der Waals surface area contributed by atoms with Crippen molar-refractivity contribution >= 4 is 21.6 Å². The van der Waals surface area contributed by atoms with Gasteiger partial charge in [0, 0.05) is 20.2 Å². The summed E-state index contributed by atoms with van der Waals surface area (Å²) in [4.78, 5) is 20.0. The highest BCUT2D eigenvalue weighted by Crippen LogP contribution is 2.19. The van der Waals surface area contributed by atoms with Gasteiger partial charge in [-0.1, -0.05) is 0 Å². The molecule has 21 heavy (non-hydrogen) atoms. The van der Waals surface area contributed by atoms with Crippen molar-refractivity contribution in [3.63, 3.8) is 0 Å². The molecular weight excluding hydrogens is 286 g/mol. The van der Waals surface area contributed by atoms with Crippen LogP contribution in [0.5, 0.6) is 0 Å². The SMILES string of the molecule is COCCN1CCC(Cn2cnc3sccc3c2=O)CC1. The Balaban J connectivity index is 1.62. The van der Waals surface area contributed by atoms with E-state index in [-0.39, 0.29) is 5.56 Å². The summed E-state index contributed by atoms with van der Waals surface area (Å²) in [6.45, 7) is 4.78. The highest BCUT2D eigenvalue weighted by molar-refractivity contribution is 7.16. The van der Waals surface area contributed by atoms with E-state index in [0.717, 1.165) is 55.8 Å². The molecule has 0 saturated carbocycles. The van der Waals surface area contributed by atoms with Crippen molar-refractivity contribution in [3.05, 3.63) is 28.1 Å². The van der Waals surface area contributed by atoms with Crippen LogP contribution in [-0.2, 0) is 11.3 Å². The quantitative estimate of drug-likeness (QED) is 0.845. The molecule has 3 rings (SSSR count). The number of ether oxygens (including phenoxy) is 1. The van der Waals surface area contributed by atoms with Crippen LogP contribution in [0.4, 0.5) is 0 Å². The second kappa shape index (κ2) is 6.68. The summed E-state index contributed by atoms with van der Waals surface area (Å²) in [6.07, 6.45) is 3.98. The summed E-state index contributed by atoms with van der Waals surface area (Å²) in [5.74, 6) is 0.569. The molecule has 2 aromatic rings. The molecular formula is C15H21N3O2S. The number of nitrogens with zero attached hydrogens (tertiary/aromatic N) is 3. The lowest BCUT2D eigenvalue weighted by Gasteiger charge is -2.31. The largest absolute Gasteiger partial charge is 0.383 e. The summed E-state index contributed by atoms with van der Waals surface area (Å²) in [6, 6.07) is 1.87. The van der Waals surface area contributed by atoms with E-state index < -0.39 is 0 Å². The number of hydrogen-bond donors (Lipinski definition) is 0. The Morgan fingerprint density at radius 3 is 3.00 bits per heavy atom. The molecule has 2 aromatic heterocycles. The minimum Gasteiger partial charge on any atom is -0.383 e. The van der Waals surface area contributed by atoms with Crippen molar-refractivity contribution < 1.29 is 4.74 Å². The summed E-state index contributed by atoms with van der Waals surface area (Å²) in [7, 11) is 1.74. The molecule has 0 radical (unpaired) electrons. The maximum absolute atomic E-state index is 12.4. The fourth-order valence-electron chi connectivity index (χ4n) is 2.91. The molecule has 0 aromatic carbocycles. The van der Waals surface area contributed by atoms with E-state index in [1.165, 1.54) is 11.3 Å². The first kappa shape index (κ1) is 14.7. The first-order valence-electron chi connectivity index (χ1n) is 7.42. The van der Waals surface area contributed by atoms with Gasteiger partial charge in [-0.3, -0.25) is 9.36 Å². The Bertz CT molecular complexity index is 644. The number of rotatable bonds is 5. The van der Waals surface area contributed by atoms with Crippen LogP contribution in [0.2, 0.25) is 0 Å². The fourth-order valence-corrected chi connectivity index (χ4v) is 3.64. The second-order valence-corrected chi connectivity index (χ2v) is 6.51. The number of fused-ring (bicyclic) bond motifs is 1. The molecule has 0 atom stereocenters. The lowest BCUT2D eigenvalue weighted by atomic mass is 9.97. The molecule has 0 amide bonds. The van der Waals surface area contributed by atoms with Gasteiger partial charge in [0.15, 0.2) is 0 Å². The van der Waals surface area contributed by atoms with Crippen LogP contribution in [0, 0.1) is 5.92 Å². The average Bonchev–Trinajstić information content (AvgIpc) is 2.99. The maximum atomic E-state index is 12.4. The molecule has 3 heterocycles. The van der Waals surface area contributed by atoms with Crippen LogP contribution in [0.15, 0.2) is 22.6 Å². The first-order valence-corrected chi connectivity index (χ1v) is 8.30. The van der Waals surface area contributed by atoms with E-state index in [1.807, 2.05) is 11.4 Å². The molecule has 0 N–H and O–H groups in total. The molecule has 0 spiro atoms. The van der Waals surface area contributed by atoms with Gasteiger partial charge in [-0.15, -0.1) is 11.3 Å². The number of likely N-dealkylation sites (tertiary alicyclic amines) is 1. The maximum Gasteiger partial charge on any atom is 0.262 e. The standard InChI is InChI=1S/C15H21N3O2S/c1-20-8-7-17-5-2-12(3-6-17)10-18-11-16-14-13(15(18)19)4-9-21-14/h4,9,11-12H,2-3,5-8,10H2,1H3. The highest BCUT2D eigenvalue weighted by Gasteiger charge is 2.20. The third-order valence-electron chi connectivity index (χ3n) is 4.22. The summed E-state index contributed by atoms with van der Waals surface area (Å²) >= 11 is 1.52. The van der Waals surface area contributed by atoms with Crippen molar-refractivity contribution in [2.75, 3.05) is 33.4 Å². The Hall–Kier alpha value is -1.24. The molecule has 1 aliphatic rings. The van der Waals surface area contributed by atoms with Gasteiger partial charge in [-0.05, 0) is 43.3 Å². The monoisotopic (exact) mass is 307 g/mol. The number of aromatic nitrogens is 2. The van der Waals surface area contributed by atoms with Crippen molar-refractivity contribution in [1.82, 2.24) is 14.5 Å². The van der Waals surface area contributed by atoms with Crippen molar-refractivity contribution in [2.24, 2.45) is 5.92 Å². The van der Waals surface area contributed by atoms with Gasteiger partial charge in [0.05, 0.1) is 18.3 Å². The van der Waals surface area contributed by atoms with E-state index in [2.05, 4.69) is 9.88 Å². The predicted molar refractivity (Wildman–Crippen MR) is 84.9 cm³/mol. The number of thiophene rings is 1. The predicted octanol–water partition coefficient (Wildman–Crippen LogP) is 1.82. The van der Waals surface area contributed by atoms with E-state index in [0.29, 0.717) is 5.92 Å². The summed E-state index contributed by atoms with van der Waals surface area (Å²) in [5, 5.41) is 2.68. The number of piperidine rings is 1. The van der Waals surface area contributed by atoms with Gasteiger partial charge in [0.1, 0.15) is 4.83 Å². The lowest BCUT2D eigenvalue weighted by molar-refractivity contribution is 0.116. The second-order valence-electron chi connectivity index (χ2n) is 5.62. The summed E-state index contributed by atoms with van der Waals surface area (Å²) in [5.41, 5.74) is 0.100. The van der Waals surface area contributed by atoms with Crippen LogP contribution in [-0.4, -0.2) is 47.8 Å². The Kier molecular flexibility index (Phi) is 4.67. The molecule has 0 aliphatic carbocycles. The Labute approximate surface area is 128 Å². The molecule has 5 nitrogen and oxygen atoms in total. The molecule has 1 saturated heterocycles. The van der Waals surface area contributed by atoms with Gasteiger partial charge >= 0.3 is 0 Å². The minimum absolute atomic E-state index is 0.100. The molecule has 1 aliphatic heterocycles. The van der Waals surface area contributed by atoms with Gasteiger partial charge in [0.25, 0.3) is 5.56 Å². The van der Waals surface area contributed by atoms with Crippen molar-refractivity contribution in [1.29, 1.82) is 0 Å². The zero-order valence-electron chi connectivity index (χ0n) is 12.3. The van der Waals surface area contributed by atoms with Gasteiger partial charge in [0.2, 0.25) is 0 Å². The molecule has 1 fully saturated rings. The van der Waals surface area contributed by atoms with Gasteiger partial charge in [-0.25, -0.2) is 4.98 Å². The Morgan fingerprint density at radius 1 is 1.43 bits per heavy atom. The lowest BCUT2D eigenvalue weighted by Crippen LogP contribution is -2.38. The summed E-state index contributed by atoms with van der Waals surface area (Å²) < 4.78 is 6.90. The van der Waals surface area contributed by atoms with E-state index >= 15 is 0 Å². The smallest absolute Gasteiger partial charge is 0.262 e. The van der Waals surface area contributed by atoms with Crippen LogP contribution in [0.25, 0.3) is 10.2 Å². The first-order chi connectivity index (χ1) is 10.3. The highest BCUT2D eigenvalue weighted by atomic mass is 32.1. The third-order valence-corrected chi connectivity index (χ3v) is 5.04. The molecule has 0 bridgehead atoms. The van der Waals surface area contributed by atoms with Crippen LogP contribution in [0.3, 0.4) is 0 Å². The van der Waals surface area contributed by atoms with Crippen molar-refractivity contribution in [3.8, 4) is 0 Å². The number of hydrogen-bond acceptors (Lipinski definition) is 5. The van der Waals surface area contributed by atoms with Crippen LogP contribution >= 0.6 is 11.3 Å². The normalized spacial score (nSPS) is 17.6.